The molecule has 2 aliphatic rings. The fraction of sp³-hybridized carbons (Fsp3) is 0.455. The smallest absolute Gasteiger partial charge is 0.186 e. The van der Waals surface area contributed by atoms with E-state index in [-0.39, 0.29) is 0 Å². The summed E-state index contributed by atoms with van der Waals surface area (Å²) in [7, 11) is 1.38. The lowest BCUT2D eigenvalue weighted by molar-refractivity contribution is -0.292. The van der Waals surface area contributed by atoms with Gasteiger partial charge in [-0.05, 0) is 53.6 Å². The van der Waals surface area contributed by atoms with E-state index in [4.69, 9.17) is 25.8 Å². The van der Waals surface area contributed by atoms with Gasteiger partial charge in [-0.15, -0.1) is 0 Å². The van der Waals surface area contributed by atoms with Crippen LogP contribution in [0.15, 0.2) is 36.4 Å². The molecule has 2 aromatic carbocycles. The molecule has 0 amide bonds. The van der Waals surface area contributed by atoms with Crippen molar-refractivity contribution >= 4 is 11.6 Å². The minimum atomic E-state index is -1.38. The second kappa shape index (κ2) is 8.60. The molecule has 7 heteroatoms. The van der Waals surface area contributed by atoms with E-state index in [2.05, 4.69) is 6.07 Å². The summed E-state index contributed by atoms with van der Waals surface area (Å²) in [6.07, 6.45) is -3.23. The first-order valence-electron chi connectivity index (χ1n) is 9.73. The number of halogens is 1. The zero-order valence-electron chi connectivity index (χ0n) is 16.1. The zero-order chi connectivity index (χ0) is 20.5. The first kappa shape index (κ1) is 20.6. The highest BCUT2D eigenvalue weighted by Crippen LogP contribution is 2.35. The molecule has 0 unspecified atom stereocenters. The van der Waals surface area contributed by atoms with E-state index in [1.165, 1.54) is 12.7 Å². The van der Waals surface area contributed by atoms with Crippen molar-refractivity contribution in [1.29, 1.82) is 0 Å². The second-order valence-electron chi connectivity index (χ2n) is 7.55. The van der Waals surface area contributed by atoms with Crippen molar-refractivity contribution in [3.05, 3.63) is 63.7 Å². The predicted molar refractivity (Wildman–Crippen MR) is 107 cm³/mol. The second-order valence-corrected chi connectivity index (χ2v) is 7.96. The minimum absolute atomic E-state index is 0.608. The summed E-state index contributed by atoms with van der Waals surface area (Å²) in [6.45, 7) is 0.757. The van der Waals surface area contributed by atoms with Crippen LogP contribution in [-0.2, 0) is 22.3 Å². The Labute approximate surface area is 174 Å². The monoisotopic (exact) mass is 420 g/mol. The summed E-state index contributed by atoms with van der Waals surface area (Å²) in [5.74, 6) is 0.941. The highest BCUT2D eigenvalue weighted by molar-refractivity contribution is 6.31. The fourth-order valence-electron chi connectivity index (χ4n) is 3.97. The Morgan fingerprint density at radius 2 is 1.90 bits per heavy atom. The lowest BCUT2D eigenvalue weighted by Gasteiger charge is -2.40. The van der Waals surface area contributed by atoms with Crippen LogP contribution < -0.4 is 4.74 Å². The van der Waals surface area contributed by atoms with Gasteiger partial charge in [0.2, 0.25) is 0 Å². The third-order valence-corrected chi connectivity index (χ3v) is 5.94. The highest BCUT2D eigenvalue weighted by Gasteiger charge is 2.44. The maximum absolute atomic E-state index is 10.4. The Bertz CT molecular complexity index is 870. The molecule has 6 nitrogen and oxygen atoms in total. The Kier molecular flexibility index (Phi) is 6.11. The van der Waals surface area contributed by atoms with Crippen LogP contribution in [0.1, 0.15) is 34.8 Å². The molecule has 0 spiro atoms. The van der Waals surface area contributed by atoms with Crippen molar-refractivity contribution in [1.82, 2.24) is 0 Å². The maximum Gasteiger partial charge on any atom is 0.186 e. The lowest BCUT2D eigenvalue weighted by Crippen LogP contribution is -2.54. The van der Waals surface area contributed by atoms with Gasteiger partial charge in [0, 0.05) is 12.1 Å². The number of aliphatic hydroxyl groups is 3. The average molecular weight is 421 g/mol. The molecule has 0 aliphatic carbocycles. The van der Waals surface area contributed by atoms with E-state index in [0.29, 0.717) is 17.0 Å². The van der Waals surface area contributed by atoms with Gasteiger partial charge in [0.05, 0.1) is 6.61 Å². The average Bonchev–Trinajstić information content (AvgIpc) is 2.74. The van der Waals surface area contributed by atoms with Gasteiger partial charge < -0.3 is 29.5 Å². The third kappa shape index (κ3) is 4.14. The first-order chi connectivity index (χ1) is 14.0. The van der Waals surface area contributed by atoms with Gasteiger partial charge in [0.1, 0.15) is 30.2 Å². The summed E-state index contributed by atoms with van der Waals surface area (Å²) in [5, 5.41) is 31.2. The molecular formula is C22H25ClO6. The summed E-state index contributed by atoms with van der Waals surface area (Å²) in [6, 6.07) is 11.5. The maximum atomic E-state index is 10.4. The molecule has 4 rings (SSSR count). The van der Waals surface area contributed by atoms with E-state index < -0.39 is 30.7 Å². The number of rotatable bonds is 4. The van der Waals surface area contributed by atoms with Crippen LogP contribution in [0.25, 0.3) is 0 Å². The fourth-order valence-corrected chi connectivity index (χ4v) is 4.15. The topological polar surface area (TPSA) is 88.4 Å². The Morgan fingerprint density at radius 1 is 1.07 bits per heavy atom. The lowest BCUT2D eigenvalue weighted by atomic mass is 9.92. The summed E-state index contributed by atoms with van der Waals surface area (Å²) < 4.78 is 16.5. The van der Waals surface area contributed by atoms with E-state index in [9.17, 15) is 15.3 Å². The Morgan fingerprint density at radius 3 is 2.69 bits per heavy atom. The van der Waals surface area contributed by atoms with Crippen molar-refractivity contribution in [2.75, 3.05) is 13.7 Å². The molecule has 2 heterocycles. The number of hydrogen-bond donors (Lipinski definition) is 3. The molecule has 1 fully saturated rings. The molecule has 2 aromatic rings. The van der Waals surface area contributed by atoms with Crippen LogP contribution in [0, 0.1) is 0 Å². The quantitative estimate of drug-likeness (QED) is 0.703. The largest absolute Gasteiger partial charge is 0.493 e. The van der Waals surface area contributed by atoms with E-state index in [0.717, 1.165) is 36.3 Å². The molecule has 156 valence electrons. The van der Waals surface area contributed by atoms with Gasteiger partial charge in [0.25, 0.3) is 0 Å². The van der Waals surface area contributed by atoms with Crippen molar-refractivity contribution < 1.29 is 29.5 Å². The van der Waals surface area contributed by atoms with Crippen molar-refractivity contribution in [3.8, 4) is 5.75 Å². The van der Waals surface area contributed by atoms with Gasteiger partial charge in [-0.25, -0.2) is 0 Å². The minimum Gasteiger partial charge on any atom is -0.493 e. The van der Waals surface area contributed by atoms with Crippen molar-refractivity contribution in [3.63, 3.8) is 0 Å². The van der Waals surface area contributed by atoms with Gasteiger partial charge >= 0.3 is 0 Å². The van der Waals surface area contributed by atoms with Crippen molar-refractivity contribution in [2.24, 2.45) is 0 Å². The molecule has 0 bridgehead atoms. The molecule has 3 N–H and O–H groups in total. The van der Waals surface area contributed by atoms with Crippen LogP contribution in [0.4, 0.5) is 0 Å². The predicted octanol–water partition coefficient (Wildman–Crippen LogP) is 2.38. The zero-order valence-corrected chi connectivity index (χ0v) is 16.9. The standard InChI is InChI=1S/C22H25ClO6/c1-27-22-20(26)18(24)19(25)21(29-22)14-5-6-16(23)15(11-14)10-12-4-7-17-13(9-12)3-2-8-28-17/h4-7,9,11,18-22,24-26H,2-3,8,10H2,1H3/t18-,19-,20+,21+,22+/m1/s1. The normalized spacial score (nSPS) is 29.2. The van der Waals surface area contributed by atoms with Crippen molar-refractivity contribution in [2.45, 2.75) is 50.0 Å². The van der Waals surface area contributed by atoms with Crippen LogP contribution in [0.2, 0.25) is 5.02 Å². The summed E-state index contributed by atoms with van der Waals surface area (Å²) in [5.41, 5.74) is 3.85. The number of hydrogen-bond acceptors (Lipinski definition) is 6. The molecule has 0 radical (unpaired) electrons. The molecule has 5 atom stereocenters. The van der Waals surface area contributed by atoms with Gasteiger partial charge in [-0.3, -0.25) is 0 Å². The number of benzene rings is 2. The molecule has 0 aromatic heterocycles. The first-order valence-corrected chi connectivity index (χ1v) is 10.1. The molecule has 0 saturated carbocycles. The summed E-state index contributed by atoms with van der Waals surface area (Å²) in [4.78, 5) is 0. The van der Waals surface area contributed by atoms with Crippen LogP contribution in [-0.4, -0.2) is 53.6 Å². The van der Waals surface area contributed by atoms with E-state index >= 15 is 0 Å². The number of aliphatic hydroxyl groups excluding tert-OH is 3. The highest BCUT2D eigenvalue weighted by atomic mass is 35.5. The molecular weight excluding hydrogens is 396 g/mol. The van der Waals surface area contributed by atoms with Gasteiger partial charge in [-0.2, -0.15) is 0 Å². The number of aryl methyl sites for hydroxylation is 1. The Hall–Kier alpha value is -1.67. The molecule has 29 heavy (non-hydrogen) atoms. The third-order valence-electron chi connectivity index (χ3n) is 5.57. The van der Waals surface area contributed by atoms with Crippen LogP contribution in [0.5, 0.6) is 5.75 Å². The molecule has 1 saturated heterocycles. The van der Waals surface area contributed by atoms with Crippen LogP contribution >= 0.6 is 11.6 Å². The number of fused-ring (bicyclic) bond motifs is 1. The number of ether oxygens (including phenoxy) is 3. The number of methoxy groups -OCH3 is 1. The van der Waals surface area contributed by atoms with Gasteiger partial charge in [0.15, 0.2) is 6.29 Å². The van der Waals surface area contributed by atoms with Gasteiger partial charge in [-0.1, -0.05) is 35.9 Å². The molecule has 2 aliphatic heterocycles. The van der Waals surface area contributed by atoms with Crippen LogP contribution in [0.3, 0.4) is 0 Å². The Balaban J connectivity index is 1.59. The van der Waals surface area contributed by atoms with E-state index in [1.54, 1.807) is 12.1 Å². The summed E-state index contributed by atoms with van der Waals surface area (Å²) >= 11 is 6.43. The van der Waals surface area contributed by atoms with E-state index in [1.807, 2.05) is 18.2 Å². The SMILES string of the molecule is CO[C@H]1O[C@@H](c2ccc(Cl)c(Cc3ccc4c(c3)CCCO4)c2)[C@H](O)[C@@H](O)[C@@H]1O.